The molecule has 2 amide bonds. The van der Waals surface area contributed by atoms with Crippen molar-refractivity contribution in [1.82, 2.24) is 10.2 Å². The van der Waals surface area contributed by atoms with Crippen molar-refractivity contribution in [2.75, 3.05) is 19.4 Å². The molecule has 0 radical (unpaired) electrons. The third-order valence-electron chi connectivity index (χ3n) is 3.93. The van der Waals surface area contributed by atoms with E-state index >= 15 is 0 Å². The second-order valence-electron chi connectivity index (χ2n) is 5.45. The van der Waals surface area contributed by atoms with Gasteiger partial charge >= 0.3 is 5.97 Å². The van der Waals surface area contributed by atoms with Crippen LogP contribution in [0.25, 0.3) is 0 Å². The molecule has 122 valence electrons. The first kappa shape index (κ1) is 16.8. The molecule has 2 rings (SSSR count). The Labute approximate surface area is 133 Å². The quantitative estimate of drug-likeness (QED) is 0.711. The summed E-state index contributed by atoms with van der Waals surface area (Å²) in [6, 6.07) is -0.541. The third-order valence-corrected chi connectivity index (χ3v) is 5.15. The van der Waals surface area contributed by atoms with Crippen LogP contribution in [0.4, 0.5) is 0 Å². The maximum Gasteiger partial charge on any atom is 0.307 e. The van der Waals surface area contributed by atoms with Crippen molar-refractivity contribution in [2.45, 2.75) is 37.6 Å². The number of Topliss-reactive ketones (excluding diaryl/α,β-unsaturated/α-hetero) is 1. The highest BCUT2D eigenvalue weighted by molar-refractivity contribution is 8.00. The first-order valence-corrected chi connectivity index (χ1v) is 8.29. The summed E-state index contributed by atoms with van der Waals surface area (Å²) in [5, 5.41) is 2.58. The predicted molar refractivity (Wildman–Crippen MR) is 79.9 cm³/mol. The van der Waals surface area contributed by atoms with Crippen LogP contribution in [-0.4, -0.2) is 59.3 Å². The minimum Gasteiger partial charge on any atom is -0.469 e. The Morgan fingerprint density at radius 1 is 1.36 bits per heavy atom. The standard InChI is InChI=1S/C14H20N2O5S/c1-8-16(14(20)9-5-10(17)6-9)11(7-22-8)13(19)15-4-3-12(18)21-2/h8-9,11H,3-7H2,1-2H3,(H,15,19). The van der Waals surface area contributed by atoms with Crippen LogP contribution in [0.15, 0.2) is 0 Å². The molecule has 1 saturated heterocycles. The summed E-state index contributed by atoms with van der Waals surface area (Å²) < 4.78 is 4.51. The molecule has 0 aromatic heterocycles. The van der Waals surface area contributed by atoms with E-state index in [1.165, 1.54) is 18.9 Å². The zero-order valence-corrected chi connectivity index (χ0v) is 13.5. The number of carbonyl (C=O) groups excluding carboxylic acids is 4. The van der Waals surface area contributed by atoms with Crippen LogP contribution in [0.1, 0.15) is 26.2 Å². The fraction of sp³-hybridized carbons (Fsp3) is 0.714. The Hall–Kier alpha value is -1.57. The first-order chi connectivity index (χ1) is 10.4. The zero-order chi connectivity index (χ0) is 16.3. The van der Waals surface area contributed by atoms with E-state index < -0.39 is 12.0 Å². The molecule has 1 heterocycles. The highest BCUT2D eigenvalue weighted by Crippen LogP contribution is 2.34. The van der Waals surface area contributed by atoms with E-state index in [0.717, 1.165) is 0 Å². The topological polar surface area (TPSA) is 92.8 Å². The Bertz CT molecular complexity index is 488. The highest BCUT2D eigenvalue weighted by Gasteiger charge is 2.44. The molecule has 1 aliphatic heterocycles. The zero-order valence-electron chi connectivity index (χ0n) is 12.7. The lowest BCUT2D eigenvalue weighted by atomic mass is 9.82. The SMILES string of the molecule is COC(=O)CCNC(=O)C1CSC(C)N1C(=O)C1CC(=O)C1. The van der Waals surface area contributed by atoms with Crippen LogP contribution in [0.3, 0.4) is 0 Å². The lowest BCUT2D eigenvalue weighted by Gasteiger charge is -2.33. The van der Waals surface area contributed by atoms with Gasteiger partial charge in [-0.05, 0) is 6.92 Å². The van der Waals surface area contributed by atoms with Gasteiger partial charge in [0.25, 0.3) is 0 Å². The second-order valence-corrected chi connectivity index (χ2v) is 6.80. The highest BCUT2D eigenvalue weighted by atomic mass is 32.2. The number of thioether (sulfide) groups is 1. The Balaban J connectivity index is 1.90. The number of nitrogens with one attached hydrogen (secondary N) is 1. The average molecular weight is 328 g/mol. The van der Waals surface area contributed by atoms with Gasteiger partial charge in [-0.3, -0.25) is 19.2 Å². The molecule has 1 saturated carbocycles. The van der Waals surface area contributed by atoms with Gasteiger partial charge in [-0.2, -0.15) is 0 Å². The van der Waals surface area contributed by atoms with Crippen molar-refractivity contribution in [3.63, 3.8) is 0 Å². The van der Waals surface area contributed by atoms with Crippen molar-refractivity contribution < 1.29 is 23.9 Å². The van der Waals surface area contributed by atoms with Crippen molar-refractivity contribution in [3.05, 3.63) is 0 Å². The van der Waals surface area contributed by atoms with E-state index in [1.807, 2.05) is 6.92 Å². The van der Waals surface area contributed by atoms with Gasteiger partial charge < -0.3 is 15.0 Å². The number of carbonyl (C=O) groups is 4. The maximum atomic E-state index is 12.4. The first-order valence-electron chi connectivity index (χ1n) is 7.24. The third kappa shape index (κ3) is 3.60. The van der Waals surface area contributed by atoms with Gasteiger partial charge in [-0.15, -0.1) is 11.8 Å². The Kier molecular flexibility index (Phi) is 5.44. The molecule has 1 N–H and O–H groups in total. The van der Waals surface area contributed by atoms with Gasteiger partial charge in [0.15, 0.2) is 0 Å². The summed E-state index contributed by atoms with van der Waals surface area (Å²) >= 11 is 1.53. The average Bonchev–Trinajstić information content (AvgIpc) is 2.84. The van der Waals surface area contributed by atoms with Gasteiger partial charge in [0.05, 0.1) is 24.8 Å². The number of ether oxygens (including phenoxy) is 1. The van der Waals surface area contributed by atoms with E-state index in [1.54, 1.807) is 4.90 Å². The summed E-state index contributed by atoms with van der Waals surface area (Å²) in [5.41, 5.74) is 0. The number of rotatable bonds is 5. The molecule has 22 heavy (non-hydrogen) atoms. The second kappa shape index (κ2) is 7.13. The normalized spacial score (nSPS) is 24.8. The number of hydrogen-bond acceptors (Lipinski definition) is 6. The van der Waals surface area contributed by atoms with Gasteiger partial charge in [-0.1, -0.05) is 0 Å². The number of esters is 1. The fourth-order valence-electron chi connectivity index (χ4n) is 2.56. The largest absolute Gasteiger partial charge is 0.469 e. The summed E-state index contributed by atoms with van der Waals surface area (Å²) in [4.78, 5) is 48.3. The molecule has 7 nitrogen and oxygen atoms in total. The van der Waals surface area contributed by atoms with Gasteiger partial charge in [0.1, 0.15) is 11.8 Å². The Morgan fingerprint density at radius 3 is 2.64 bits per heavy atom. The van der Waals surface area contributed by atoms with Crippen LogP contribution in [-0.2, 0) is 23.9 Å². The molecule has 0 aromatic carbocycles. The fourth-order valence-corrected chi connectivity index (χ4v) is 3.75. The van der Waals surface area contributed by atoms with Crippen molar-refractivity contribution in [2.24, 2.45) is 5.92 Å². The van der Waals surface area contributed by atoms with Crippen LogP contribution in [0, 0.1) is 5.92 Å². The minimum atomic E-state index is -0.541. The minimum absolute atomic E-state index is 0.0837. The molecular formula is C14H20N2O5S. The number of nitrogens with zero attached hydrogens (tertiary/aromatic N) is 1. The summed E-state index contributed by atoms with van der Waals surface area (Å²) in [6.07, 6.45) is 0.662. The van der Waals surface area contributed by atoms with E-state index in [2.05, 4.69) is 10.1 Å². The van der Waals surface area contributed by atoms with Crippen LogP contribution in [0.2, 0.25) is 0 Å². The molecule has 2 atom stereocenters. The summed E-state index contributed by atoms with van der Waals surface area (Å²) in [7, 11) is 1.29. The van der Waals surface area contributed by atoms with E-state index in [4.69, 9.17) is 0 Å². The maximum absolute atomic E-state index is 12.4. The van der Waals surface area contributed by atoms with E-state index in [-0.39, 0.29) is 54.7 Å². The molecule has 1 aliphatic carbocycles. The Morgan fingerprint density at radius 2 is 2.05 bits per heavy atom. The van der Waals surface area contributed by atoms with Gasteiger partial charge in [0, 0.05) is 25.1 Å². The predicted octanol–water partition coefficient (Wildman–Crippen LogP) is -0.0652. The number of methoxy groups -OCH3 is 1. The van der Waals surface area contributed by atoms with Crippen molar-refractivity contribution in [1.29, 1.82) is 0 Å². The molecule has 8 heteroatoms. The number of amides is 2. The van der Waals surface area contributed by atoms with Gasteiger partial charge in [0.2, 0.25) is 11.8 Å². The van der Waals surface area contributed by atoms with E-state index in [9.17, 15) is 19.2 Å². The van der Waals surface area contributed by atoms with E-state index in [0.29, 0.717) is 5.75 Å². The molecule has 2 unspecified atom stereocenters. The molecule has 2 aliphatic rings. The van der Waals surface area contributed by atoms with Crippen LogP contribution >= 0.6 is 11.8 Å². The molecule has 0 bridgehead atoms. The summed E-state index contributed by atoms with van der Waals surface area (Å²) in [6.45, 7) is 2.07. The summed E-state index contributed by atoms with van der Waals surface area (Å²) in [5.74, 6) is -0.436. The molecular weight excluding hydrogens is 308 g/mol. The lowest BCUT2D eigenvalue weighted by molar-refractivity contribution is -0.149. The smallest absolute Gasteiger partial charge is 0.307 e. The van der Waals surface area contributed by atoms with Crippen molar-refractivity contribution in [3.8, 4) is 0 Å². The van der Waals surface area contributed by atoms with Gasteiger partial charge in [-0.25, -0.2) is 0 Å². The van der Waals surface area contributed by atoms with Crippen LogP contribution in [0.5, 0.6) is 0 Å². The van der Waals surface area contributed by atoms with Crippen LogP contribution < -0.4 is 5.32 Å². The molecule has 0 aromatic rings. The lowest BCUT2D eigenvalue weighted by Crippen LogP contribution is -2.53. The monoisotopic (exact) mass is 328 g/mol. The van der Waals surface area contributed by atoms with Crippen molar-refractivity contribution >= 4 is 35.3 Å². The number of ketones is 1. The number of hydrogen-bond donors (Lipinski definition) is 1. The molecule has 0 spiro atoms. The molecule has 2 fully saturated rings.